The first kappa shape index (κ1) is 12.2. The Bertz CT molecular complexity index is 596. The molecule has 1 amide bonds. The Morgan fingerprint density at radius 1 is 1.22 bits per heavy atom. The first-order valence-electron chi connectivity index (χ1n) is 5.57. The van der Waals surface area contributed by atoms with Crippen molar-refractivity contribution in [3.8, 4) is 0 Å². The minimum atomic E-state index is -0.319. The summed E-state index contributed by atoms with van der Waals surface area (Å²) in [6, 6.07) is 7.92. The fourth-order valence-electron chi connectivity index (χ4n) is 1.58. The molecule has 0 aliphatic heterocycles. The summed E-state index contributed by atoms with van der Waals surface area (Å²) in [6.07, 6.45) is 1.61. The molecule has 92 valence electrons. The Morgan fingerprint density at radius 2 is 2.00 bits per heavy atom. The summed E-state index contributed by atoms with van der Waals surface area (Å²) in [5.74, 6) is -0.0926. The van der Waals surface area contributed by atoms with Crippen molar-refractivity contribution in [3.63, 3.8) is 0 Å². The predicted octanol–water partition coefficient (Wildman–Crippen LogP) is 3.09. The first-order valence-corrected chi connectivity index (χ1v) is 5.57. The van der Waals surface area contributed by atoms with Gasteiger partial charge in [0.15, 0.2) is 0 Å². The quantitative estimate of drug-likeness (QED) is 0.882. The van der Waals surface area contributed by atoms with E-state index in [-0.39, 0.29) is 11.7 Å². The maximum atomic E-state index is 13.1. The molecule has 2 aromatic rings. The van der Waals surface area contributed by atoms with Gasteiger partial charge in [0.25, 0.3) is 5.91 Å². The average Bonchev–Trinajstić information content (AvgIpc) is 2.35. The summed E-state index contributed by atoms with van der Waals surface area (Å²) in [5.41, 5.74) is 1.74. The number of pyridine rings is 1. The van der Waals surface area contributed by atoms with Crippen LogP contribution in [0.3, 0.4) is 0 Å². The van der Waals surface area contributed by atoms with Crippen LogP contribution in [-0.2, 0) is 0 Å². The topological polar surface area (TPSA) is 42.0 Å². The number of halogens is 1. The Balaban J connectivity index is 2.22. The Morgan fingerprint density at radius 3 is 2.67 bits per heavy atom. The summed E-state index contributed by atoms with van der Waals surface area (Å²) in [4.78, 5) is 16.0. The molecule has 1 aromatic heterocycles. The van der Waals surface area contributed by atoms with Gasteiger partial charge >= 0.3 is 0 Å². The Labute approximate surface area is 105 Å². The zero-order valence-electron chi connectivity index (χ0n) is 10.2. The number of anilines is 1. The van der Waals surface area contributed by atoms with Crippen LogP contribution in [0.1, 0.15) is 21.5 Å². The fourth-order valence-corrected chi connectivity index (χ4v) is 1.58. The predicted molar refractivity (Wildman–Crippen MR) is 68.1 cm³/mol. The number of benzene rings is 1. The highest BCUT2D eigenvalue weighted by atomic mass is 19.1. The van der Waals surface area contributed by atoms with Gasteiger partial charge in [0.2, 0.25) is 0 Å². The number of aromatic nitrogens is 1. The van der Waals surface area contributed by atoms with Crippen LogP contribution in [-0.4, -0.2) is 10.9 Å². The molecule has 0 spiro atoms. The lowest BCUT2D eigenvalue weighted by molar-refractivity contribution is 0.102. The summed E-state index contributed by atoms with van der Waals surface area (Å²) in [6.45, 7) is 3.48. The van der Waals surface area contributed by atoms with Crippen LogP contribution in [0, 0.1) is 19.7 Å². The van der Waals surface area contributed by atoms with E-state index in [1.54, 1.807) is 19.2 Å². The Hall–Kier alpha value is -2.23. The zero-order valence-corrected chi connectivity index (χ0v) is 10.2. The molecule has 1 aromatic carbocycles. The van der Waals surface area contributed by atoms with Crippen LogP contribution in [0.5, 0.6) is 0 Å². The summed E-state index contributed by atoms with van der Waals surface area (Å²) in [5, 5.41) is 2.70. The van der Waals surface area contributed by atoms with Crippen LogP contribution >= 0.6 is 0 Å². The molecule has 0 aliphatic rings. The molecule has 0 saturated heterocycles. The molecule has 0 radical (unpaired) electrons. The van der Waals surface area contributed by atoms with Crippen molar-refractivity contribution in [1.82, 2.24) is 4.98 Å². The van der Waals surface area contributed by atoms with E-state index in [1.165, 1.54) is 18.2 Å². The normalized spacial score (nSPS) is 10.2. The SMILES string of the molecule is Cc1cc(C(=O)Nc2ncccc2C)ccc1F. The highest BCUT2D eigenvalue weighted by molar-refractivity contribution is 6.04. The largest absolute Gasteiger partial charge is 0.306 e. The highest BCUT2D eigenvalue weighted by Gasteiger charge is 2.09. The maximum Gasteiger partial charge on any atom is 0.256 e. The van der Waals surface area contributed by atoms with Gasteiger partial charge < -0.3 is 5.32 Å². The molecule has 0 aliphatic carbocycles. The van der Waals surface area contributed by atoms with E-state index in [1.807, 2.05) is 13.0 Å². The molecule has 4 heteroatoms. The van der Waals surface area contributed by atoms with E-state index in [4.69, 9.17) is 0 Å². The smallest absolute Gasteiger partial charge is 0.256 e. The third-order valence-corrected chi connectivity index (χ3v) is 2.66. The van der Waals surface area contributed by atoms with E-state index in [9.17, 15) is 9.18 Å². The van der Waals surface area contributed by atoms with Gasteiger partial charge in [-0.3, -0.25) is 4.79 Å². The Kier molecular flexibility index (Phi) is 3.37. The van der Waals surface area contributed by atoms with Gasteiger partial charge in [0.1, 0.15) is 11.6 Å². The second-order valence-electron chi connectivity index (χ2n) is 4.09. The molecule has 3 nitrogen and oxygen atoms in total. The molecule has 0 bridgehead atoms. The molecule has 0 saturated carbocycles. The molecular weight excluding hydrogens is 231 g/mol. The molecule has 1 heterocycles. The third-order valence-electron chi connectivity index (χ3n) is 2.66. The molecule has 0 unspecified atom stereocenters. The fraction of sp³-hybridized carbons (Fsp3) is 0.143. The van der Waals surface area contributed by atoms with Crippen molar-refractivity contribution in [1.29, 1.82) is 0 Å². The maximum absolute atomic E-state index is 13.1. The molecule has 2 rings (SSSR count). The number of nitrogens with zero attached hydrogens (tertiary/aromatic N) is 1. The third kappa shape index (κ3) is 2.53. The number of aryl methyl sites for hydroxylation is 2. The van der Waals surface area contributed by atoms with Gasteiger partial charge in [0.05, 0.1) is 0 Å². The van der Waals surface area contributed by atoms with E-state index in [2.05, 4.69) is 10.3 Å². The van der Waals surface area contributed by atoms with E-state index in [0.717, 1.165) is 5.56 Å². The van der Waals surface area contributed by atoms with Crippen LogP contribution in [0.15, 0.2) is 36.5 Å². The van der Waals surface area contributed by atoms with Crippen molar-refractivity contribution >= 4 is 11.7 Å². The number of nitrogens with one attached hydrogen (secondary N) is 1. The zero-order chi connectivity index (χ0) is 13.1. The number of amides is 1. The van der Waals surface area contributed by atoms with Crippen molar-refractivity contribution in [3.05, 3.63) is 59.0 Å². The van der Waals surface area contributed by atoms with Crippen molar-refractivity contribution < 1.29 is 9.18 Å². The lowest BCUT2D eigenvalue weighted by Crippen LogP contribution is -2.14. The number of hydrogen-bond acceptors (Lipinski definition) is 2. The van der Waals surface area contributed by atoms with Gasteiger partial charge in [0, 0.05) is 11.8 Å². The summed E-state index contributed by atoms with van der Waals surface area (Å²) < 4.78 is 13.1. The lowest BCUT2D eigenvalue weighted by atomic mass is 10.1. The van der Waals surface area contributed by atoms with Gasteiger partial charge in [-0.25, -0.2) is 9.37 Å². The summed E-state index contributed by atoms with van der Waals surface area (Å²) >= 11 is 0. The van der Waals surface area contributed by atoms with Crippen LogP contribution in [0.4, 0.5) is 10.2 Å². The number of carbonyl (C=O) groups excluding carboxylic acids is 1. The standard InChI is InChI=1S/C14H13FN2O/c1-9-4-3-7-16-13(9)17-14(18)11-5-6-12(15)10(2)8-11/h3-8H,1-2H3,(H,16,17,18). The highest BCUT2D eigenvalue weighted by Crippen LogP contribution is 2.13. The lowest BCUT2D eigenvalue weighted by Gasteiger charge is -2.07. The van der Waals surface area contributed by atoms with Crippen LogP contribution < -0.4 is 5.32 Å². The minimum absolute atomic E-state index is 0.292. The molecule has 0 fully saturated rings. The van der Waals surface area contributed by atoms with E-state index < -0.39 is 0 Å². The first-order chi connectivity index (χ1) is 8.58. The minimum Gasteiger partial charge on any atom is -0.306 e. The van der Waals surface area contributed by atoms with E-state index >= 15 is 0 Å². The van der Waals surface area contributed by atoms with Crippen LogP contribution in [0.2, 0.25) is 0 Å². The average molecular weight is 244 g/mol. The van der Waals surface area contributed by atoms with Gasteiger partial charge in [-0.05, 0) is 49.2 Å². The number of hydrogen-bond donors (Lipinski definition) is 1. The molecule has 18 heavy (non-hydrogen) atoms. The monoisotopic (exact) mass is 244 g/mol. The van der Waals surface area contributed by atoms with Gasteiger partial charge in [-0.2, -0.15) is 0 Å². The van der Waals surface area contributed by atoms with E-state index in [0.29, 0.717) is 16.9 Å². The molecular formula is C14H13FN2O. The second kappa shape index (κ2) is 4.96. The van der Waals surface area contributed by atoms with Crippen molar-refractivity contribution in [2.75, 3.05) is 5.32 Å². The molecule has 1 N–H and O–H groups in total. The van der Waals surface area contributed by atoms with Crippen LogP contribution in [0.25, 0.3) is 0 Å². The second-order valence-corrected chi connectivity index (χ2v) is 4.09. The number of carbonyl (C=O) groups is 1. The summed E-state index contributed by atoms with van der Waals surface area (Å²) in [7, 11) is 0. The van der Waals surface area contributed by atoms with Crippen molar-refractivity contribution in [2.24, 2.45) is 0 Å². The number of rotatable bonds is 2. The van der Waals surface area contributed by atoms with Gasteiger partial charge in [-0.15, -0.1) is 0 Å². The molecule has 0 atom stereocenters. The van der Waals surface area contributed by atoms with Crippen molar-refractivity contribution in [2.45, 2.75) is 13.8 Å². The van der Waals surface area contributed by atoms with Gasteiger partial charge in [-0.1, -0.05) is 6.07 Å².